The lowest BCUT2D eigenvalue weighted by Gasteiger charge is -2.35. The monoisotopic (exact) mass is 394 g/mol. The lowest BCUT2D eigenvalue weighted by Crippen LogP contribution is -2.40. The number of carbonyl (C=O) groups excluding carboxylic acids is 2. The molecule has 1 aromatic heterocycles. The third-order valence-corrected chi connectivity index (χ3v) is 5.78. The summed E-state index contributed by atoms with van der Waals surface area (Å²) in [6.45, 7) is 3.52. The highest BCUT2D eigenvalue weighted by Gasteiger charge is 2.32. The summed E-state index contributed by atoms with van der Waals surface area (Å²) in [6.07, 6.45) is 5.43. The number of aromatic nitrogens is 2. The number of hydrogen-bond donors (Lipinski definition) is 0. The summed E-state index contributed by atoms with van der Waals surface area (Å²) in [5.74, 6) is 1.43. The van der Waals surface area contributed by atoms with Crippen LogP contribution in [0.15, 0.2) is 30.5 Å². The Hall–Kier alpha value is -2.96. The van der Waals surface area contributed by atoms with E-state index in [9.17, 15) is 9.59 Å². The van der Waals surface area contributed by atoms with E-state index >= 15 is 0 Å². The molecule has 0 aliphatic carbocycles. The first kappa shape index (κ1) is 19.4. The molecule has 0 unspecified atom stereocenters. The van der Waals surface area contributed by atoms with Crippen LogP contribution in [0.25, 0.3) is 0 Å². The second-order valence-corrected chi connectivity index (χ2v) is 7.63. The van der Waals surface area contributed by atoms with E-state index in [1.54, 1.807) is 20.1 Å². The highest BCUT2D eigenvalue weighted by atomic mass is 16.5. The Balaban J connectivity index is 1.59. The van der Waals surface area contributed by atoms with Gasteiger partial charge in [-0.15, -0.1) is 0 Å². The molecular formula is C22H26N4O3. The molecule has 2 aliphatic rings. The third-order valence-electron chi connectivity index (χ3n) is 5.78. The number of amides is 2. The summed E-state index contributed by atoms with van der Waals surface area (Å²) in [5.41, 5.74) is 2.61. The number of piperidine rings is 1. The maximum Gasteiger partial charge on any atom is 0.254 e. The molecule has 0 spiro atoms. The maximum atomic E-state index is 13.2. The quantitative estimate of drug-likeness (QED) is 0.800. The Morgan fingerprint density at radius 1 is 1.21 bits per heavy atom. The van der Waals surface area contributed by atoms with Gasteiger partial charge in [0.2, 0.25) is 5.91 Å². The molecule has 0 bridgehead atoms. The van der Waals surface area contributed by atoms with Crippen molar-refractivity contribution in [2.45, 2.75) is 45.2 Å². The lowest BCUT2D eigenvalue weighted by atomic mass is 9.99. The van der Waals surface area contributed by atoms with Gasteiger partial charge in [0.05, 0.1) is 18.8 Å². The van der Waals surface area contributed by atoms with Gasteiger partial charge in [-0.05, 0) is 37.5 Å². The Bertz CT molecular complexity index is 930. The van der Waals surface area contributed by atoms with Crippen LogP contribution in [0.5, 0.6) is 5.75 Å². The van der Waals surface area contributed by atoms with Gasteiger partial charge in [0.15, 0.2) is 5.82 Å². The fourth-order valence-corrected chi connectivity index (χ4v) is 4.13. The highest BCUT2D eigenvalue weighted by Crippen LogP contribution is 2.31. The van der Waals surface area contributed by atoms with E-state index in [4.69, 9.17) is 9.72 Å². The number of rotatable bonds is 3. The minimum absolute atomic E-state index is 0.0160. The van der Waals surface area contributed by atoms with Crippen LogP contribution in [0.1, 0.15) is 59.7 Å². The molecule has 1 atom stereocenters. The molecule has 0 radical (unpaired) electrons. The molecule has 1 fully saturated rings. The van der Waals surface area contributed by atoms with Gasteiger partial charge in [0, 0.05) is 50.3 Å². The first-order chi connectivity index (χ1) is 14.1. The van der Waals surface area contributed by atoms with Crippen molar-refractivity contribution in [3.8, 4) is 5.75 Å². The fourth-order valence-electron chi connectivity index (χ4n) is 4.13. The predicted molar refractivity (Wildman–Crippen MR) is 107 cm³/mol. The molecule has 29 heavy (non-hydrogen) atoms. The topological polar surface area (TPSA) is 75.6 Å². The summed E-state index contributed by atoms with van der Waals surface area (Å²) in [7, 11) is 1.60. The fraction of sp³-hybridized carbons (Fsp3) is 0.455. The molecule has 1 aromatic carbocycles. The zero-order chi connectivity index (χ0) is 20.4. The molecule has 0 N–H and O–H groups in total. The summed E-state index contributed by atoms with van der Waals surface area (Å²) in [6, 6.07) is 7.14. The van der Waals surface area contributed by atoms with E-state index in [0.29, 0.717) is 36.8 Å². The first-order valence-corrected chi connectivity index (χ1v) is 10.1. The molecule has 0 saturated carbocycles. The van der Waals surface area contributed by atoms with Gasteiger partial charge < -0.3 is 14.5 Å². The number of nitrogens with zero attached hydrogens (tertiary/aromatic N) is 4. The van der Waals surface area contributed by atoms with Gasteiger partial charge in [0.1, 0.15) is 5.75 Å². The number of likely N-dealkylation sites (tertiary alicyclic amines) is 1. The smallest absolute Gasteiger partial charge is 0.254 e. The Morgan fingerprint density at radius 3 is 2.86 bits per heavy atom. The molecule has 2 aromatic rings. The van der Waals surface area contributed by atoms with E-state index in [1.807, 2.05) is 34.2 Å². The van der Waals surface area contributed by atoms with Crippen LogP contribution in [-0.4, -0.2) is 51.8 Å². The summed E-state index contributed by atoms with van der Waals surface area (Å²) < 4.78 is 5.27. The number of methoxy groups -OCH3 is 1. The summed E-state index contributed by atoms with van der Waals surface area (Å²) in [5, 5.41) is 0. The van der Waals surface area contributed by atoms with Gasteiger partial charge >= 0.3 is 0 Å². The highest BCUT2D eigenvalue weighted by molar-refractivity contribution is 5.95. The lowest BCUT2D eigenvalue weighted by molar-refractivity contribution is -0.129. The number of carbonyl (C=O) groups is 2. The van der Waals surface area contributed by atoms with E-state index in [2.05, 4.69) is 4.98 Å². The summed E-state index contributed by atoms with van der Waals surface area (Å²) in [4.78, 5) is 38.0. The van der Waals surface area contributed by atoms with Crippen LogP contribution in [0.4, 0.5) is 0 Å². The zero-order valence-electron chi connectivity index (χ0n) is 16.9. The van der Waals surface area contributed by atoms with Crippen molar-refractivity contribution in [3.63, 3.8) is 0 Å². The van der Waals surface area contributed by atoms with Crippen LogP contribution in [-0.2, 0) is 17.8 Å². The van der Waals surface area contributed by atoms with E-state index in [1.165, 1.54) is 0 Å². The van der Waals surface area contributed by atoms with Gasteiger partial charge in [-0.25, -0.2) is 9.97 Å². The van der Waals surface area contributed by atoms with Crippen LogP contribution < -0.4 is 4.74 Å². The van der Waals surface area contributed by atoms with Crippen LogP contribution in [0.2, 0.25) is 0 Å². The largest absolute Gasteiger partial charge is 0.497 e. The zero-order valence-corrected chi connectivity index (χ0v) is 16.9. The van der Waals surface area contributed by atoms with Gasteiger partial charge in [0.25, 0.3) is 5.91 Å². The van der Waals surface area contributed by atoms with Crippen molar-refractivity contribution >= 4 is 11.8 Å². The second-order valence-electron chi connectivity index (χ2n) is 7.63. The molecule has 7 heteroatoms. The molecule has 1 saturated heterocycles. The summed E-state index contributed by atoms with van der Waals surface area (Å²) >= 11 is 0. The van der Waals surface area contributed by atoms with Gasteiger partial charge in [-0.2, -0.15) is 0 Å². The van der Waals surface area contributed by atoms with Crippen LogP contribution >= 0.6 is 0 Å². The second kappa shape index (κ2) is 8.19. The molecule has 4 rings (SSSR count). The molecule has 152 valence electrons. The Labute approximate surface area is 170 Å². The molecule has 2 aliphatic heterocycles. The first-order valence-electron chi connectivity index (χ1n) is 10.1. The number of benzene rings is 1. The maximum absolute atomic E-state index is 13.2. The van der Waals surface area contributed by atoms with E-state index in [0.717, 1.165) is 36.9 Å². The van der Waals surface area contributed by atoms with Gasteiger partial charge in [-0.1, -0.05) is 6.07 Å². The Kier molecular flexibility index (Phi) is 5.47. The van der Waals surface area contributed by atoms with Crippen molar-refractivity contribution < 1.29 is 14.3 Å². The normalized spacial score (nSPS) is 18.9. The molecule has 3 heterocycles. The number of hydrogen-bond acceptors (Lipinski definition) is 5. The van der Waals surface area contributed by atoms with Crippen LogP contribution in [0, 0.1) is 0 Å². The molecular weight excluding hydrogens is 368 g/mol. The Morgan fingerprint density at radius 2 is 2.07 bits per heavy atom. The SMILES string of the molecule is COc1cccc(C(=O)N2CCCC[C@@H]2c2ncc3c(n2)CCN(C(C)=O)C3)c1. The average Bonchev–Trinajstić information content (AvgIpc) is 2.77. The predicted octanol–water partition coefficient (Wildman–Crippen LogP) is 2.76. The van der Waals surface area contributed by atoms with E-state index in [-0.39, 0.29) is 17.9 Å². The van der Waals surface area contributed by atoms with Crippen molar-refractivity contribution in [1.82, 2.24) is 19.8 Å². The van der Waals surface area contributed by atoms with E-state index < -0.39 is 0 Å². The van der Waals surface area contributed by atoms with Crippen LogP contribution in [0.3, 0.4) is 0 Å². The van der Waals surface area contributed by atoms with Crippen molar-refractivity contribution in [2.24, 2.45) is 0 Å². The molecule has 2 amide bonds. The van der Waals surface area contributed by atoms with Crippen molar-refractivity contribution in [2.75, 3.05) is 20.2 Å². The third kappa shape index (κ3) is 3.95. The number of ether oxygens (including phenoxy) is 1. The van der Waals surface area contributed by atoms with Crippen molar-refractivity contribution in [3.05, 3.63) is 53.1 Å². The standard InChI is InChI=1S/C22H26N4O3/c1-15(27)25-11-9-19-17(14-25)13-23-21(24-19)20-8-3-4-10-26(20)22(28)16-6-5-7-18(12-16)29-2/h5-7,12-13,20H,3-4,8-11,14H2,1-2H3/t20-/m1/s1. The minimum Gasteiger partial charge on any atom is -0.497 e. The van der Waals surface area contributed by atoms with Gasteiger partial charge in [-0.3, -0.25) is 9.59 Å². The van der Waals surface area contributed by atoms with Crippen molar-refractivity contribution in [1.29, 1.82) is 0 Å². The number of fused-ring (bicyclic) bond motifs is 1. The average molecular weight is 394 g/mol. The minimum atomic E-state index is -0.126. The molecule has 7 nitrogen and oxygen atoms in total.